The van der Waals surface area contributed by atoms with Crippen LogP contribution in [0.25, 0.3) is 0 Å². The second-order valence-corrected chi connectivity index (χ2v) is 9.55. The second-order valence-electron chi connectivity index (χ2n) is 6.81. The summed E-state index contributed by atoms with van der Waals surface area (Å²) in [6.45, 7) is 3.02. The lowest BCUT2D eigenvalue weighted by Gasteiger charge is -2.20. The normalized spacial score (nSPS) is 13.1. The van der Waals surface area contributed by atoms with Gasteiger partial charge >= 0.3 is 5.97 Å². The summed E-state index contributed by atoms with van der Waals surface area (Å²) in [6.07, 6.45) is 0.128. The zero-order valence-corrected chi connectivity index (χ0v) is 19.4. The number of amides is 1. The van der Waals surface area contributed by atoms with Gasteiger partial charge in [0.1, 0.15) is 6.04 Å². The molecular weight excluding hydrogens is 452 g/mol. The first-order chi connectivity index (χ1) is 15.2. The summed E-state index contributed by atoms with van der Waals surface area (Å²) in [5.74, 6) is -1.19. The fraction of sp³-hybridized carbons (Fsp3) is 0.318. The van der Waals surface area contributed by atoms with Crippen LogP contribution in [0, 0.1) is 0 Å². The van der Waals surface area contributed by atoms with Crippen LogP contribution >= 0.6 is 11.8 Å². The molecule has 0 fully saturated rings. The summed E-state index contributed by atoms with van der Waals surface area (Å²) in [5, 5.41) is 1.98. The highest BCUT2D eigenvalue weighted by Crippen LogP contribution is 2.16. The third-order valence-electron chi connectivity index (χ3n) is 4.26. The molecule has 0 aliphatic carbocycles. The SMILES string of the molecule is CCOC(=O)[C@H](CSC(=O)[C@H](Cc1ccccc1)NS(=O)(=O)c1ccccc1)NC(C)=O. The van der Waals surface area contributed by atoms with Crippen molar-refractivity contribution < 1.29 is 27.5 Å². The van der Waals surface area contributed by atoms with Gasteiger partial charge in [-0.25, -0.2) is 13.2 Å². The Bertz CT molecular complexity index is 1010. The van der Waals surface area contributed by atoms with E-state index in [9.17, 15) is 22.8 Å². The van der Waals surface area contributed by atoms with Crippen molar-refractivity contribution in [3.05, 3.63) is 66.2 Å². The summed E-state index contributed by atoms with van der Waals surface area (Å²) >= 11 is 0.763. The van der Waals surface area contributed by atoms with Crippen LogP contribution in [0.4, 0.5) is 0 Å². The lowest BCUT2D eigenvalue weighted by atomic mass is 10.1. The number of ether oxygens (including phenoxy) is 1. The molecule has 0 saturated carbocycles. The first-order valence-electron chi connectivity index (χ1n) is 9.94. The largest absolute Gasteiger partial charge is 0.464 e. The fourth-order valence-corrected chi connectivity index (χ4v) is 4.99. The van der Waals surface area contributed by atoms with E-state index in [1.54, 1.807) is 49.4 Å². The predicted molar refractivity (Wildman–Crippen MR) is 122 cm³/mol. The molecule has 10 heteroatoms. The molecule has 0 unspecified atom stereocenters. The van der Waals surface area contributed by atoms with Crippen LogP contribution in [0.5, 0.6) is 0 Å². The van der Waals surface area contributed by atoms with Crippen LogP contribution in [0.1, 0.15) is 19.4 Å². The molecule has 2 aromatic rings. The molecule has 0 bridgehead atoms. The Morgan fingerprint density at radius 1 is 0.969 bits per heavy atom. The Balaban J connectivity index is 2.19. The summed E-state index contributed by atoms with van der Waals surface area (Å²) in [6, 6.07) is 14.6. The topological polar surface area (TPSA) is 119 Å². The van der Waals surface area contributed by atoms with Crippen molar-refractivity contribution in [2.45, 2.75) is 37.2 Å². The van der Waals surface area contributed by atoms with Crippen LogP contribution < -0.4 is 10.0 Å². The zero-order valence-electron chi connectivity index (χ0n) is 17.8. The number of rotatable bonds is 11. The monoisotopic (exact) mass is 478 g/mol. The average Bonchev–Trinajstić information content (AvgIpc) is 2.77. The molecule has 1 amide bonds. The number of hydrogen-bond acceptors (Lipinski definition) is 7. The molecule has 172 valence electrons. The third kappa shape index (κ3) is 8.10. The van der Waals surface area contributed by atoms with Crippen molar-refractivity contribution in [1.82, 2.24) is 10.0 Å². The molecule has 2 N–H and O–H groups in total. The number of carbonyl (C=O) groups excluding carboxylic acids is 3. The quantitative estimate of drug-likeness (QED) is 0.474. The smallest absolute Gasteiger partial charge is 0.329 e. The van der Waals surface area contributed by atoms with E-state index >= 15 is 0 Å². The van der Waals surface area contributed by atoms with Crippen LogP contribution in [-0.2, 0) is 35.6 Å². The summed E-state index contributed by atoms with van der Waals surface area (Å²) in [5.41, 5.74) is 0.769. The maximum Gasteiger partial charge on any atom is 0.329 e. The van der Waals surface area contributed by atoms with E-state index in [-0.39, 0.29) is 23.7 Å². The van der Waals surface area contributed by atoms with Crippen LogP contribution in [0.15, 0.2) is 65.6 Å². The molecule has 0 heterocycles. The van der Waals surface area contributed by atoms with Gasteiger partial charge in [0, 0.05) is 12.7 Å². The van der Waals surface area contributed by atoms with Crippen molar-refractivity contribution in [3.8, 4) is 0 Å². The highest BCUT2D eigenvalue weighted by Gasteiger charge is 2.29. The number of hydrogen-bond donors (Lipinski definition) is 2. The van der Waals surface area contributed by atoms with Crippen LogP contribution in [0.2, 0.25) is 0 Å². The van der Waals surface area contributed by atoms with Gasteiger partial charge in [-0.3, -0.25) is 9.59 Å². The number of carbonyl (C=O) groups is 3. The molecule has 0 aliphatic rings. The molecule has 2 atom stereocenters. The van der Waals surface area contributed by atoms with E-state index < -0.39 is 39.1 Å². The first kappa shape index (κ1) is 25.6. The Hall–Kier alpha value is -2.69. The van der Waals surface area contributed by atoms with Gasteiger partial charge in [-0.2, -0.15) is 4.72 Å². The molecule has 0 radical (unpaired) electrons. The highest BCUT2D eigenvalue weighted by molar-refractivity contribution is 8.13. The van der Waals surface area contributed by atoms with E-state index in [1.165, 1.54) is 19.1 Å². The molecule has 2 aromatic carbocycles. The van der Waals surface area contributed by atoms with Crippen molar-refractivity contribution in [3.63, 3.8) is 0 Å². The van der Waals surface area contributed by atoms with E-state index in [4.69, 9.17) is 4.74 Å². The van der Waals surface area contributed by atoms with Crippen molar-refractivity contribution >= 4 is 38.8 Å². The van der Waals surface area contributed by atoms with E-state index in [1.807, 2.05) is 6.07 Å². The summed E-state index contributed by atoms with van der Waals surface area (Å²) in [7, 11) is -3.95. The summed E-state index contributed by atoms with van der Waals surface area (Å²) < 4.78 is 33.0. The molecule has 0 spiro atoms. The van der Waals surface area contributed by atoms with E-state index in [0.29, 0.717) is 0 Å². The zero-order chi connectivity index (χ0) is 23.6. The highest BCUT2D eigenvalue weighted by atomic mass is 32.2. The molecule has 2 rings (SSSR count). The van der Waals surface area contributed by atoms with E-state index in [0.717, 1.165) is 17.3 Å². The molecule has 0 aliphatic heterocycles. The molecule has 8 nitrogen and oxygen atoms in total. The van der Waals surface area contributed by atoms with Crippen molar-refractivity contribution in [2.24, 2.45) is 0 Å². The fourth-order valence-electron chi connectivity index (χ4n) is 2.80. The predicted octanol–water partition coefficient (Wildman–Crippen LogP) is 1.90. The minimum absolute atomic E-state index is 0.0403. The second kappa shape index (κ2) is 12.4. The maximum atomic E-state index is 13.0. The summed E-state index contributed by atoms with van der Waals surface area (Å²) in [4.78, 5) is 36.6. The number of sulfonamides is 1. The minimum Gasteiger partial charge on any atom is -0.464 e. The van der Waals surface area contributed by atoms with Crippen molar-refractivity contribution in [2.75, 3.05) is 12.4 Å². The molecule has 32 heavy (non-hydrogen) atoms. The Morgan fingerprint density at radius 2 is 1.56 bits per heavy atom. The van der Waals surface area contributed by atoms with Gasteiger partial charge in [0.25, 0.3) is 0 Å². The lowest BCUT2D eigenvalue weighted by molar-refractivity contribution is -0.146. The van der Waals surface area contributed by atoms with Crippen LogP contribution in [-0.4, -0.2) is 49.9 Å². The molecular formula is C22H26N2O6S2. The van der Waals surface area contributed by atoms with Gasteiger partial charge in [-0.1, -0.05) is 60.3 Å². The van der Waals surface area contributed by atoms with Crippen molar-refractivity contribution in [1.29, 1.82) is 0 Å². The minimum atomic E-state index is -3.95. The number of esters is 1. The average molecular weight is 479 g/mol. The van der Waals surface area contributed by atoms with Gasteiger partial charge in [0.15, 0.2) is 0 Å². The first-order valence-corrected chi connectivity index (χ1v) is 12.4. The Kier molecular flexibility index (Phi) is 9.89. The van der Waals surface area contributed by atoms with Gasteiger partial charge < -0.3 is 10.1 Å². The number of benzene rings is 2. The number of thioether (sulfide) groups is 1. The molecule has 0 aromatic heterocycles. The standard InChI is InChI=1S/C22H26N2O6S2/c1-3-30-21(26)20(23-16(2)25)15-31-22(27)19(14-17-10-6-4-7-11-17)24-32(28,29)18-12-8-5-9-13-18/h4-13,19-20,24H,3,14-15H2,1-2H3,(H,23,25)/t19-,20-/m0/s1. The third-order valence-corrected chi connectivity index (χ3v) is 6.82. The van der Waals surface area contributed by atoms with Gasteiger partial charge in [0.2, 0.25) is 21.0 Å². The lowest BCUT2D eigenvalue weighted by Crippen LogP contribution is -2.45. The van der Waals surface area contributed by atoms with Gasteiger partial charge in [-0.05, 0) is 31.0 Å². The maximum absolute atomic E-state index is 13.0. The van der Waals surface area contributed by atoms with Gasteiger partial charge in [-0.15, -0.1) is 0 Å². The number of nitrogens with one attached hydrogen (secondary N) is 2. The Morgan fingerprint density at radius 3 is 2.12 bits per heavy atom. The van der Waals surface area contributed by atoms with E-state index in [2.05, 4.69) is 10.0 Å². The van der Waals surface area contributed by atoms with Crippen LogP contribution in [0.3, 0.4) is 0 Å². The molecule has 0 saturated heterocycles. The van der Waals surface area contributed by atoms with Gasteiger partial charge in [0.05, 0.1) is 17.5 Å². The Labute approximate surface area is 192 Å².